The lowest BCUT2D eigenvalue weighted by molar-refractivity contribution is -0.305. The Bertz CT molecular complexity index is 578. The number of fused-ring (bicyclic) bond motifs is 1. The van der Waals surface area contributed by atoms with Crippen molar-refractivity contribution >= 4 is 32.6 Å². The number of rotatable bonds is 4. The molecule has 0 radical (unpaired) electrons. The summed E-state index contributed by atoms with van der Waals surface area (Å²) in [4.78, 5) is 25.8. The fourth-order valence-corrected chi connectivity index (χ4v) is 3.52. The highest BCUT2D eigenvalue weighted by Gasteiger charge is 2.32. The Morgan fingerprint density at radius 2 is 2.12 bits per heavy atom. The molecular weight excluding hydrogens is 242 g/mol. The molecule has 88 valence electrons. The highest BCUT2D eigenvalue weighted by molar-refractivity contribution is 7.37. The molecule has 6 heteroatoms. The Morgan fingerprint density at radius 1 is 1.41 bits per heavy atom. The van der Waals surface area contributed by atoms with E-state index >= 15 is 0 Å². The van der Waals surface area contributed by atoms with E-state index in [9.17, 15) is 14.7 Å². The van der Waals surface area contributed by atoms with Crippen LogP contribution in [0, 0.1) is 0 Å². The van der Waals surface area contributed by atoms with E-state index in [1.165, 1.54) is 5.51 Å². The van der Waals surface area contributed by atoms with Gasteiger partial charge in [-0.05, 0) is 6.07 Å². The zero-order chi connectivity index (χ0) is 12.4. The van der Waals surface area contributed by atoms with E-state index in [4.69, 9.17) is 5.11 Å². The van der Waals surface area contributed by atoms with Gasteiger partial charge in [-0.25, -0.2) is 4.79 Å². The average molecular weight is 251 g/mol. The number of carbonyl (C=O) groups is 2. The number of benzene rings is 1. The lowest BCUT2D eigenvalue weighted by atomic mass is 10.3. The van der Waals surface area contributed by atoms with Gasteiger partial charge in [0, 0.05) is 22.5 Å². The van der Waals surface area contributed by atoms with E-state index in [0.717, 1.165) is 4.70 Å². The largest absolute Gasteiger partial charge is 0.550 e. The molecule has 1 aromatic carbocycles. The zero-order valence-electron chi connectivity index (χ0n) is 8.70. The van der Waals surface area contributed by atoms with Gasteiger partial charge in [0.25, 0.3) is 0 Å². The Kier molecular flexibility index (Phi) is 3.06. The standard InChI is InChI=1S/C11H9NO4S/c13-10(14)5-9(11(15)16)17-6-12-7-3-1-2-4-8(7)17/h1-4,6,9H,5H2,(H-,13,14,15,16). The topological polar surface area (TPSA) is 90.3 Å². The van der Waals surface area contributed by atoms with E-state index in [1.807, 2.05) is 0 Å². The number of carboxylic acids is 2. The quantitative estimate of drug-likeness (QED) is 0.810. The number of hydrogen-bond acceptors (Lipinski definition) is 4. The zero-order valence-corrected chi connectivity index (χ0v) is 9.52. The molecule has 2 rings (SSSR count). The molecule has 1 heterocycles. The summed E-state index contributed by atoms with van der Waals surface area (Å²) in [5.41, 5.74) is 2.23. The number of nitrogens with zero attached hydrogens (tertiary/aromatic N) is 1. The van der Waals surface area contributed by atoms with Crippen molar-refractivity contribution in [1.29, 1.82) is 0 Å². The van der Waals surface area contributed by atoms with Crippen LogP contribution >= 0.6 is 10.5 Å². The SMILES string of the molecule is O=C([O-])CC(C(=O)O)[s+]1cnc2ccccc21. The predicted molar refractivity (Wildman–Crippen MR) is 60.5 cm³/mol. The van der Waals surface area contributed by atoms with Gasteiger partial charge in [-0.3, -0.25) is 0 Å². The van der Waals surface area contributed by atoms with Crippen LogP contribution in [0.3, 0.4) is 0 Å². The van der Waals surface area contributed by atoms with Crippen molar-refractivity contribution in [3.05, 3.63) is 29.8 Å². The van der Waals surface area contributed by atoms with Gasteiger partial charge < -0.3 is 15.0 Å². The molecule has 0 fully saturated rings. The van der Waals surface area contributed by atoms with Gasteiger partial charge >= 0.3 is 5.97 Å². The van der Waals surface area contributed by atoms with Gasteiger partial charge in [-0.1, -0.05) is 12.1 Å². The third-order valence-electron chi connectivity index (χ3n) is 2.36. The molecule has 0 aliphatic carbocycles. The average Bonchev–Trinajstić information content (AvgIpc) is 2.69. The minimum Gasteiger partial charge on any atom is -0.550 e. The number of para-hydroxylation sites is 1. The summed E-state index contributed by atoms with van der Waals surface area (Å²) in [7, 11) is -0.803. The van der Waals surface area contributed by atoms with Crippen molar-refractivity contribution < 1.29 is 19.8 Å². The molecule has 1 aromatic heterocycles. The molecule has 0 aliphatic rings. The van der Waals surface area contributed by atoms with Gasteiger partial charge in [0.2, 0.25) is 15.5 Å². The Morgan fingerprint density at radius 3 is 2.76 bits per heavy atom. The number of thiazole rings is 1. The second-order valence-electron chi connectivity index (χ2n) is 3.48. The van der Waals surface area contributed by atoms with Crippen LogP contribution in [0.1, 0.15) is 11.7 Å². The third kappa shape index (κ3) is 2.26. The first-order valence-corrected chi connectivity index (χ1v) is 6.22. The maximum atomic E-state index is 11.1. The highest BCUT2D eigenvalue weighted by Crippen LogP contribution is 2.40. The lowest BCUT2D eigenvalue weighted by Gasteiger charge is -2.04. The summed E-state index contributed by atoms with van der Waals surface area (Å²) < 4.78 is 0.779. The van der Waals surface area contributed by atoms with Gasteiger partial charge in [0.05, 0.1) is 6.42 Å². The third-order valence-corrected chi connectivity index (χ3v) is 4.53. The molecule has 0 saturated heterocycles. The van der Waals surface area contributed by atoms with Crippen molar-refractivity contribution in [3.8, 4) is 0 Å². The predicted octanol–water partition coefficient (Wildman–Crippen LogP) is 0.750. The van der Waals surface area contributed by atoms with Crippen LogP contribution in [0.2, 0.25) is 0 Å². The van der Waals surface area contributed by atoms with Crippen molar-refractivity contribution in [3.63, 3.8) is 0 Å². The van der Waals surface area contributed by atoms with Gasteiger partial charge in [-0.15, -0.1) is 0 Å². The summed E-state index contributed by atoms with van der Waals surface area (Å²) >= 11 is 0. The van der Waals surface area contributed by atoms with Crippen molar-refractivity contribution in [2.45, 2.75) is 11.7 Å². The molecule has 17 heavy (non-hydrogen) atoms. The van der Waals surface area contributed by atoms with Crippen LogP contribution < -0.4 is 5.11 Å². The molecular formula is C11H9NO4S. The van der Waals surface area contributed by atoms with Crippen LogP contribution in [0.15, 0.2) is 29.8 Å². The molecule has 1 N–H and O–H groups in total. The van der Waals surface area contributed by atoms with Crippen LogP contribution in [0.4, 0.5) is 0 Å². The number of aliphatic carboxylic acids is 2. The molecule has 2 atom stereocenters. The van der Waals surface area contributed by atoms with Gasteiger partial charge in [0.1, 0.15) is 5.52 Å². The number of carboxylic acid groups (broad SMARTS) is 2. The molecule has 0 aliphatic heterocycles. The normalized spacial score (nSPS) is 13.5. The van der Waals surface area contributed by atoms with Crippen LogP contribution in [-0.4, -0.2) is 22.0 Å². The van der Waals surface area contributed by atoms with Crippen LogP contribution in [0.5, 0.6) is 0 Å². The molecule has 0 saturated carbocycles. The van der Waals surface area contributed by atoms with Crippen molar-refractivity contribution in [2.75, 3.05) is 0 Å². The lowest BCUT2D eigenvalue weighted by Crippen LogP contribution is -2.25. The minimum absolute atomic E-state index is 0.501. The van der Waals surface area contributed by atoms with Gasteiger partial charge in [0.15, 0.2) is 0 Å². The van der Waals surface area contributed by atoms with Crippen molar-refractivity contribution in [1.82, 2.24) is 4.98 Å². The van der Waals surface area contributed by atoms with E-state index in [0.29, 0.717) is 5.52 Å². The number of hydrogen-bond donors (Lipinski definition) is 1. The summed E-state index contributed by atoms with van der Waals surface area (Å²) in [6, 6.07) is 7.14. The number of aromatic nitrogens is 1. The summed E-state index contributed by atoms with van der Waals surface area (Å²) in [6.45, 7) is 0. The maximum absolute atomic E-state index is 11.1. The second-order valence-corrected chi connectivity index (χ2v) is 5.44. The molecule has 2 aromatic rings. The van der Waals surface area contributed by atoms with Gasteiger partial charge in [-0.2, -0.15) is 4.98 Å². The molecule has 0 amide bonds. The van der Waals surface area contributed by atoms with Crippen LogP contribution in [-0.2, 0) is 9.59 Å². The minimum atomic E-state index is -1.36. The smallest absolute Gasteiger partial charge is 0.362 e. The van der Waals surface area contributed by atoms with E-state index in [2.05, 4.69) is 4.98 Å². The Hall–Kier alpha value is -1.95. The fourth-order valence-electron chi connectivity index (χ4n) is 1.60. The molecule has 0 spiro atoms. The molecule has 0 bridgehead atoms. The fraction of sp³-hybridized carbons (Fsp3) is 0.182. The summed E-state index contributed by atoms with van der Waals surface area (Å²) in [6.07, 6.45) is -0.501. The monoisotopic (exact) mass is 251 g/mol. The molecule has 5 nitrogen and oxygen atoms in total. The second kappa shape index (κ2) is 4.50. The Balaban J connectivity index is 2.48. The Labute approximate surface area is 99.3 Å². The van der Waals surface area contributed by atoms with E-state index in [1.54, 1.807) is 24.3 Å². The van der Waals surface area contributed by atoms with Crippen molar-refractivity contribution in [2.24, 2.45) is 0 Å². The maximum Gasteiger partial charge on any atom is 0.362 e. The first kappa shape index (κ1) is 11.5. The first-order valence-electron chi connectivity index (χ1n) is 4.87. The first-order chi connectivity index (χ1) is 8.09. The molecule has 2 unspecified atom stereocenters. The summed E-state index contributed by atoms with van der Waals surface area (Å²) in [5, 5.41) is 18.6. The number of carbonyl (C=O) groups excluding carboxylic acids is 1. The van der Waals surface area contributed by atoms with Crippen LogP contribution in [0.25, 0.3) is 10.2 Å². The summed E-state index contributed by atoms with van der Waals surface area (Å²) in [5.74, 6) is -2.50. The highest BCUT2D eigenvalue weighted by atomic mass is 32.2. The van der Waals surface area contributed by atoms with E-state index in [-0.39, 0.29) is 0 Å². The van der Waals surface area contributed by atoms with E-state index < -0.39 is 34.1 Å².